The summed E-state index contributed by atoms with van der Waals surface area (Å²) in [5, 5.41) is 15.6. The molecule has 7 heteroatoms. The summed E-state index contributed by atoms with van der Waals surface area (Å²) in [6.07, 6.45) is 0. The molecule has 2 aromatic carbocycles. The van der Waals surface area contributed by atoms with Crippen LogP contribution < -0.4 is 15.6 Å². The fraction of sp³-hybridized carbons (Fsp3) is 0.158. The molecule has 0 spiro atoms. The highest BCUT2D eigenvalue weighted by Gasteiger charge is 2.18. The van der Waals surface area contributed by atoms with Gasteiger partial charge < -0.3 is 14.8 Å². The molecule has 26 heavy (non-hydrogen) atoms. The maximum absolute atomic E-state index is 12.7. The minimum Gasteiger partial charge on any atom is -0.543 e. The van der Waals surface area contributed by atoms with Gasteiger partial charge in [-0.3, -0.25) is 9.59 Å². The number of hydrogen-bond donors (Lipinski definition) is 0. The Morgan fingerprint density at radius 1 is 1.04 bits per heavy atom. The van der Waals surface area contributed by atoms with Crippen LogP contribution in [-0.4, -0.2) is 28.2 Å². The second-order valence-corrected chi connectivity index (χ2v) is 5.62. The summed E-state index contributed by atoms with van der Waals surface area (Å²) in [4.78, 5) is 38.2. The van der Waals surface area contributed by atoms with E-state index in [4.69, 9.17) is 0 Å². The zero-order valence-corrected chi connectivity index (χ0v) is 14.1. The van der Waals surface area contributed by atoms with E-state index in [2.05, 4.69) is 5.10 Å². The van der Waals surface area contributed by atoms with Crippen LogP contribution in [0.5, 0.6) is 0 Å². The van der Waals surface area contributed by atoms with Crippen LogP contribution in [0.1, 0.15) is 17.4 Å². The van der Waals surface area contributed by atoms with Crippen molar-refractivity contribution in [3.05, 3.63) is 70.6 Å². The molecule has 0 aliphatic heterocycles. The number of likely N-dealkylation sites (N-methyl/N-ethyl adjacent to an activating group) is 1. The van der Waals surface area contributed by atoms with Gasteiger partial charge in [0, 0.05) is 17.6 Å². The molecule has 0 bridgehead atoms. The molecule has 0 fully saturated rings. The molecule has 3 rings (SSSR count). The molecule has 0 saturated carbocycles. The summed E-state index contributed by atoms with van der Waals surface area (Å²) in [5.74, 6) is -1.87. The Bertz CT molecular complexity index is 1030. The third-order valence-corrected chi connectivity index (χ3v) is 4.03. The van der Waals surface area contributed by atoms with Crippen LogP contribution in [0.15, 0.2) is 59.4 Å². The fourth-order valence-corrected chi connectivity index (χ4v) is 2.82. The lowest BCUT2D eigenvalue weighted by molar-refractivity contribution is -0.255. The Hall–Kier alpha value is -3.48. The third-order valence-electron chi connectivity index (χ3n) is 4.03. The molecule has 0 radical (unpaired) electrons. The number of fused-ring (bicyclic) bond motifs is 1. The first-order valence-electron chi connectivity index (χ1n) is 8.09. The lowest BCUT2D eigenvalue weighted by atomic mass is 10.1. The smallest absolute Gasteiger partial charge is 0.275 e. The van der Waals surface area contributed by atoms with E-state index < -0.39 is 11.5 Å². The van der Waals surface area contributed by atoms with Crippen LogP contribution >= 0.6 is 0 Å². The van der Waals surface area contributed by atoms with E-state index in [1.54, 1.807) is 36.4 Å². The van der Waals surface area contributed by atoms with Crippen molar-refractivity contribution in [1.82, 2.24) is 9.78 Å². The van der Waals surface area contributed by atoms with Gasteiger partial charge in [0.15, 0.2) is 0 Å². The maximum atomic E-state index is 12.7. The van der Waals surface area contributed by atoms with Gasteiger partial charge in [-0.25, -0.2) is 4.68 Å². The summed E-state index contributed by atoms with van der Waals surface area (Å²) in [7, 11) is 0. The number of para-hydroxylation sites is 1. The Labute approximate surface area is 149 Å². The highest BCUT2D eigenvalue weighted by molar-refractivity contribution is 6.00. The number of carbonyl (C=O) groups excluding carboxylic acids is 2. The predicted octanol–water partition coefficient (Wildman–Crippen LogP) is 0.813. The molecule has 3 aromatic rings. The molecule has 0 aliphatic rings. The number of anilines is 1. The molecule has 132 valence electrons. The van der Waals surface area contributed by atoms with Crippen LogP contribution in [0.3, 0.4) is 0 Å². The van der Waals surface area contributed by atoms with Gasteiger partial charge in [0.25, 0.3) is 5.56 Å². The largest absolute Gasteiger partial charge is 0.543 e. The van der Waals surface area contributed by atoms with Crippen LogP contribution in [0.25, 0.3) is 10.8 Å². The number of hydrogen-bond acceptors (Lipinski definition) is 5. The van der Waals surface area contributed by atoms with Crippen molar-refractivity contribution in [3.8, 4) is 0 Å². The summed E-state index contributed by atoms with van der Waals surface area (Å²) < 4.78 is 0.876. The molecule has 0 atom stereocenters. The van der Waals surface area contributed by atoms with Crippen LogP contribution in [0.2, 0.25) is 0 Å². The van der Waals surface area contributed by atoms with E-state index in [0.29, 0.717) is 12.2 Å². The lowest BCUT2D eigenvalue weighted by Crippen LogP contribution is -2.38. The summed E-state index contributed by atoms with van der Waals surface area (Å²) >= 11 is 0. The fourth-order valence-electron chi connectivity index (χ4n) is 2.82. The van der Waals surface area contributed by atoms with E-state index in [9.17, 15) is 19.5 Å². The number of aromatic nitrogens is 2. The first-order chi connectivity index (χ1) is 12.5. The standard InChI is InChI=1S/C19H17N3O4/c1-2-21(13-8-4-3-5-9-13)16(23)12-22-18(24)15-11-7-6-10-14(15)17(20-22)19(25)26/h3-11H,2,12H2,1H3,(H,25,26)/p-1. The minimum atomic E-state index is -1.50. The number of carboxylic acid groups (broad SMARTS) is 1. The first-order valence-corrected chi connectivity index (χ1v) is 8.09. The van der Waals surface area contributed by atoms with E-state index in [1.807, 2.05) is 13.0 Å². The summed E-state index contributed by atoms with van der Waals surface area (Å²) in [5.41, 5.74) is -0.201. The van der Waals surface area contributed by atoms with Crippen molar-refractivity contribution in [2.24, 2.45) is 0 Å². The average molecular weight is 350 g/mol. The number of aromatic carboxylic acids is 1. The molecule has 0 saturated heterocycles. The molecule has 7 nitrogen and oxygen atoms in total. The number of nitrogens with zero attached hydrogens (tertiary/aromatic N) is 3. The topological polar surface area (TPSA) is 95.3 Å². The number of benzene rings is 2. The van der Waals surface area contributed by atoms with E-state index in [-0.39, 0.29) is 28.9 Å². The summed E-state index contributed by atoms with van der Waals surface area (Å²) in [6.45, 7) is 1.85. The molecule has 1 amide bonds. The second-order valence-electron chi connectivity index (χ2n) is 5.62. The Morgan fingerprint density at radius 3 is 2.27 bits per heavy atom. The van der Waals surface area contributed by atoms with Gasteiger partial charge in [-0.1, -0.05) is 36.4 Å². The number of carboxylic acids is 1. The molecular weight excluding hydrogens is 334 g/mol. The van der Waals surface area contributed by atoms with E-state index >= 15 is 0 Å². The van der Waals surface area contributed by atoms with Gasteiger partial charge in [0.2, 0.25) is 5.91 Å². The molecule has 0 aliphatic carbocycles. The Balaban J connectivity index is 2.03. The van der Waals surface area contributed by atoms with Gasteiger partial charge >= 0.3 is 0 Å². The van der Waals surface area contributed by atoms with Gasteiger partial charge in [-0.05, 0) is 25.1 Å². The van der Waals surface area contributed by atoms with Crippen LogP contribution in [0, 0.1) is 0 Å². The van der Waals surface area contributed by atoms with Crippen LogP contribution in [-0.2, 0) is 11.3 Å². The van der Waals surface area contributed by atoms with Gasteiger partial charge in [-0.15, -0.1) is 0 Å². The van der Waals surface area contributed by atoms with Gasteiger partial charge in [-0.2, -0.15) is 5.10 Å². The monoisotopic (exact) mass is 350 g/mol. The quantitative estimate of drug-likeness (QED) is 0.679. The summed E-state index contributed by atoms with van der Waals surface area (Å²) in [6, 6.07) is 15.2. The highest BCUT2D eigenvalue weighted by atomic mass is 16.4. The van der Waals surface area contributed by atoms with Crippen LogP contribution in [0.4, 0.5) is 5.69 Å². The SMILES string of the molecule is CCN(C(=O)Cn1nc(C(=O)[O-])c2ccccc2c1=O)c1ccccc1. The first kappa shape index (κ1) is 17.3. The van der Waals surface area contributed by atoms with Gasteiger partial charge in [0.1, 0.15) is 12.2 Å². The van der Waals surface area contributed by atoms with E-state index in [0.717, 1.165) is 4.68 Å². The lowest BCUT2D eigenvalue weighted by Gasteiger charge is -2.21. The molecule has 1 aromatic heterocycles. The second kappa shape index (κ2) is 7.18. The van der Waals surface area contributed by atoms with Crippen molar-refractivity contribution in [2.45, 2.75) is 13.5 Å². The third kappa shape index (κ3) is 3.19. The van der Waals surface area contributed by atoms with Gasteiger partial charge in [0.05, 0.1) is 11.4 Å². The molecular formula is C19H16N3O4-. The van der Waals surface area contributed by atoms with Crippen molar-refractivity contribution in [1.29, 1.82) is 0 Å². The van der Waals surface area contributed by atoms with Crippen molar-refractivity contribution in [2.75, 3.05) is 11.4 Å². The zero-order chi connectivity index (χ0) is 18.7. The Kier molecular flexibility index (Phi) is 4.79. The predicted molar refractivity (Wildman–Crippen MR) is 94.8 cm³/mol. The maximum Gasteiger partial charge on any atom is 0.275 e. The number of carbonyl (C=O) groups is 2. The normalized spacial score (nSPS) is 10.7. The average Bonchev–Trinajstić information content (AvgIpc) is 2.65. The molecule has 1 heterocycles. The van der Waals surface area contributed by atoms with Crippen molar-refractivity contribution < 1.29 is 14.7 Å². The minimum absolute atomic E-state index is 0.178. The van der Waals surface area contributed by atoms with E-state index in [1.165, 1.54) is 17.0 Å². The highest BCUT2D eigenvalue weighted by Crippen LogP contribution is 2.15. The molecule has 0 N–H and O–H groups in total. The number of amides is 1. The van der Waals surface area contributed by atoms with Crippen molar-refractivity contribution >= 4 is 28.3 Å². The molecule has 0 unspecified atom stereocenters. The number of rotatable bonds is 5. The Morgan fingerprint density at radius 2 is 1.65 bits per heavy atom. The van der Waals surface area contributed by atoms with Crippen molar-refractivity contribution in [3.63, 3.8) is 0 Å². The zero-order valence-electron chi connectivity index (χ0n) is 14.1.